The highest BCUT2D eigenvalue weighted by Crippen LogP contribution is 2.31. The highest BCUT2D eigenvalue weighted by molar-refractivity contribution is 5.80. The molecule has 3 fully saturated rings. The van der Waals surface area contributed by atoms with Gasteiger partial charge in [0.2, 0.25) is 11.9 Å². The molecule has 1 aliphatic carbocycles. The van der Waals surface area contributed by atoms with Gasteiger partial charge in [-0.1, -0.05) is 12.8 Å². The number of piperidine rings is 1. The first-order valence-corrected chi connectivity index (χ1v) is 12.1. The van der Waals surface area contributed by atoms with E-state index in [1.165, 1.54) is 0 Å². The molecule has 1 saturated carbocycles. The van der Waals surface area contributed by atoms with E-state index in [2.05, 4.69) is 15.2 Å². The normalized spacial score (nSPS) is 21.3. The monoisotopic (exact) mass is 439 g/mol. The second-order valence-corrected chi connectivity index (χ2v) is 9.54. The smallest absolute Gasteiger partial charge is 0.252 e. The van der Waals surface area contributed by atoms with Gasteiger partial charge in [-0.25, -0.2) is 4.98 Å². The molecule has 2 saturated heterocycles. The van der Waals surface area contributed by atoms with E-state index in [9.17, 15) is 9.59 Å². The molecular weight excluding hydrogens is 406 g/mol. The van der Waals surface area contributed by atoms with E-state index < -0.39 is 0 Å². The van der Waals surface area contributed by atoms with Crippen molar-refractivity contribution in [1.29, 1.82) is 0 Å². The van der Waals surface area contributed by atoms with Crippen molar-refractivity contribution in [1.82, 2.24) is 19.9 Å². The van der Waals surface area contributed by atoms with Crippen molar-refractivity contribution in [2.75, 3.05) is 31.2 Å². The molecule has 0 radical (unpaired) electrons. The Morgan fingerprint density at radius 1 is 1.09 bits per heavy atom. The molecule has 0 bridgehead atoms. The van der Waals surface area contributed by atoms with E-state index in [4.69, 9.17) is 9.72 Å². The maximum absolute atomic E-state index is 12.8. The molecule has 5 rings (SSSR count). The Morgan fingerprint density at radius 3 is 2.53 bits per heavy atom. The van der Waals surface area contributed by atoms with Crippen LogP contribution in [0.1, 0.15) is 63.0 Å². The van der Waals surface area contributed by atoms with Crippen LogP contribution in [0.2, 0.25) is 0 Å². The molecule has 2 aromatic rings. The lowest BCUT2D eigenvalue weighted by molar-refractivity contribution is -0.126. The van der Waals surface area contributed by atoms with Gasteiger partial charge in [-0.2, -0.15) is 4.98 Å². The topological polar surface area (TPSA) is 89.4 Å². The van der Waals surface area contributed by atoms with Crippen LogP contribution in [-0.4, -0.2) is 52.8 Å². The zero-order valence-electron chi connectivity index (χ0n) is 18.9. The van der Waals surface area contributed by atoms with Crippen LogP contribution in [-0.2, 0) is 9.53 Å². The number of aromatic nitrogens is 3. The van der Waals surface area contributed by atoms with E-state index in [0.29, 0.717) is 5.95 Å². The third-order valence-electron chi connectivity index (χ3n) is 7.39. The molecule has 8 heteroatoms. The van der Waals surface area contributed by atoms with Gasteiger partial charge in [0.25, 0.3) is 5.56 Å². The number of hydrogen-bond donors (Lipinski definition) is 1. The Kier molecular flexibility index (Phi) is 6.13. The molecule has 4 heterocycles. The van der Waals surface area contributed by atoms with Gasteiger partial charge in [0.05, 0.1) is 0 Å². The molecule has 3 aliphatic rings. The van der Waals surface area contributed by atoms with Crippen LogP contribution in [0.15, 0.2) is 17.1 Å². The van der Waals surface area contributed by atoms with Gasteiger partial charge in [0.1, 0.15) is 5.65 Å². The first kappa shape index (κ1) is 21.4. The van der Waals surface area contributed by atoms with Crippen LogP contribution in [0.3, 0.4) is 0 Å². The van der Waals surface area contributed by atoms with Crippen LogP contribution in [0.25, 0.3) is 11.0 Å². The summed E-state index contributed by atoms with van der Waals surface area (Å²) in [5, 5.41) is 4.16. The summed E-state index contributed by atoms with van der Waals surface area (Å²) in [5.74, 6) is 0.868. The minimum atomic E-state index is 0.0356. The molecule has 1 amide bonds. The van der Waals surface area contributed by atoms with Crippen LogP contribution in [0.5, 0.6) is 0 Å². The van der Waals surface area contributed by atoms with Crippen molar-refractivity contribution in [3.63, 3.8) is 0 Å². The Morgan fingerprint density at radius 2 is 1.81 bits per heavy atom. The quantitative estimate of drug-likeness (QED) is 0.788. The van der Waals surface area contributed by atoms with Gasteiger partial charge >= 0.3 is 0 Å². The molecular formula is C24H33N5O3. The minimum Gasteiger partial charge on any atom is -0.381 e. The van der Waals surface area contributed by atoms with Gasteiger partial charge in [-0.05, 0) is 51.0 Å². The van der Waals surface area contributed by atoms with Gasteiger partial charge in [0.15, 0.2) is 0 Å². The average Bonchev–Trinajstić information content (AvgIpc) is 3.34. The number of ether oxygens (including phenoxy) is 1. The standard InChI is InChI=1S/C24H33N5O3/c1-16-14-21(30)29(19-4-2-3-5-19)22-20(16)15-25-24(27-22)28-10-6-17(7-11-28)23(31)26-18-8-12-32-13-9-18/h14-15,17-19H,2-13H2,1H3,(H,26,31). The van der Waals surface area contributed by atoms with E-state index in [0.717, 1.165) is 94.3 Å². The van der Waals surface area contributed by atoms with Gasteiger partial charge in [-0.3, -0.25) is 14.2 Å². The number of anilines is 1. The number of rotatable bonds is 4. The summed E-state index contributed by atoms with van der Waals surface area (Å²) in [6.07, 6.45) is 9.63. The Bertz CT molecular complexity index is 1030. The number of carbonyl (C=O) groups is 1. The largest absolute Gasteiger partial charge is 0.381 e. The zero-order valence-corrected chi connectivity index (χ0v) is 18.9. The molecule has 2 aliphatic heterocycles. The third-order valence-corrected chi connectivity index (χ3v) is 7.39. The molecule has 2 aromatic heterocycles. The van der Waals surface area contributed by atoms with E-state index in [1.807, 2.05) is 17.7 Å². The fourth-order valence-corrected chi connectivity index (χ4v) is 5.43. The number of nitrogens with zero attached hydrogens (tertiary/aromatic N) is 4. The summed E-state index contributed by atoms with van der Waals surface area (Å²) in [7, 11) is 0. The van der Waals surface area contributed by atoms with Crippen LogP contribution >= 0.6 is 0 Å². The number of fused-ring (bicyclic) bond motifs is 1. The molecule has 0 spiro atoms. The molecule has 1 N–H and O–H groups in total. The third kappa shape index (κ3) is 4.25. The van der Waals surface area contributed by atoms with Crippen molar-refractivity contribution in [3.05, 3.63) is 28.2 Å². The fourth-order valence-electron chi connectivity index (χ4n) is 5.43. The van der Waals surface area contributed by atoms with Gasteiger partial charge < -0.3 is 15.0 Å². The number of pyridine rings is 1. The lowest BCUT2D eigenvalue weighted by Gasteiger charge is -2.33. The first-order valence-electron chi connectivity index (χ1n) is 12.1. The van der Waals surface area contributed by atoms with Crippen molar-refractivity contribution in [2.45, 2.75) is 70.4 Å². The zero-order chi connectivity index (χ0) is 22.1. The van der Waals surface area contributed by atoms with E-state index in [-0.39, 0.29) is 29.5 Å². The van der Waals surface area contributed by atoms with Crippen molar-refractivity contribution in [2.24, 2.45) is 5.92 Å². The summed E-state index contributed by atoms with van der Waals surface area (Å²) in [4.78, 5) is 37.2. The second-order valence-electron chi connectivity index (χ2n) is 9.54. The first-order chi connectivity index (χ1) is 15.6. The molecule has 0 unspecified atom stereocenters. The highest BCUT2D eigenvalue weighted by atomic mass is 16.5. The maximum Gasteiger partial charge on any atom is 0.252 e. The molecule has 0 aromatic carbocycles. The van der Waals surface area contributed by atoms with E-state index in [1.54, 1.807) is 6.07 Å². The van der Waals surface area contributed by atoms with Gasteiger partial charge in [-0.15, -0.1) is 0 Å². The summed E-state index contributed by atoms with van der Waals surface area (Å²) in [6, 6.07) is 2.19. The average molecular weight is 440 g/mol. The number of amides is 1. The summed E-state index contributed by atoms with van der Waals surface area (Å²) >= 11 is 0. The van der Waals surface area contributed by atoms with Crippen LogP contribution < -0.4 is 15.8 Å². The maximum atomic E-state index is 12.8. The second kappa shape index (κ2) is 9.17. The Hall–Kier alpha value is -2.48. The van der Waals surface area contributed by atoms with Crippen LogP contribution in [0, 0.1) is 12.8 Å². The molecule has 32 heavy (non-hydrogen) atoms. The van der Waals surface area contributed by atoms with Crippen LogP contribution in [0.4, 0.5) is 5.95 Å². The Balaban J connectivity index is 1.31. The number of nitrogens with one attached hydrogen (secondary N) is 1. The predicted molar refractivity (Wildman–Crippen MR) is 123 cm³/mol. The van der Waals surface area contributed by atoms with Gasteiger partial charge in [0, 0.05) is 62.0 Å². The summed E-state index contributed by atoms with van der Waals surface area (Å²) in [5.41, 5.74) is 1.72. The highest BCUT2D eigenvalue weighted by Gasteiger charge is 2.29. The predicted octanol–water partition coefficient (Wildman–Crippen LogP) is 2.73. The van der Waals surface area contributed by atoms with Crippen molar-refractivity contribution < 1.29 is 9.53 Å². The van der Waals surface area contributed by atoms with Crippen molar-refractivity contribution >= 4 is 22.9 Å². The molecule has 172 valence electrons. The van der Waals surface area contributed by atoms with E-state index >= 15 is 0 Å². The van der Waals surface area contributed by atoms with Crippen molar-refractivity contribution in [3.8, 4) is 0 Å². The molecule has 8 nitrogen and oxygen atoms in total. The number of aryl methyl sites for hydroxylation is 1. The lowest BCUT2D eigenvalue weighted by atomic mass is 9.95. The summed E-state index contributed by atoms with van der Waals surface area (Å²) < 4.78 is 7.28. The number of carbonyl (C=O) groups excluding carboxylic acids is 1. The minimum absolute atomic E-state index is 0.0356. The Labute approximate surface area is 188 Å². The fraction of sp³-hybridized carbons (Fsp3) is 0.667. The summed E-state index contributed by atoms with van der Waals surface area (Å²) in [6.45, 7) is 4.91. The SMILES string of the molecule is Cc1cc(=O)n(C2CCCC2)c2nc(N3CCC(C(=O)NC4CCOCC4)CC3)ncc12. The molecule has 0 atom stereocenters. The lowest BCUT2D eigenvalue weighted by Crippen LogP contribution is -2.45. The number of hydrogen-bond acceptors (Lipinski definition) is 6.